The molecule has 1 aromatic heterocycles. The highest BCUT2D eigenvalue weighted by molar-refractivity contribution is 5.94. The summed E-state index contributed by atoms with van der Waals surface area (Å²) in [6.45, 7) is 1.87. The van der Waals surface area contributed by atoms with Crippen molar-refractivity contribution >= 4 is 5.91 Å². The number of benzene rings is 1. The van der Waals surface area contributed by atoms with E-state index >= 15 is 0 Å². The van der Waals surface area contributed by atoms with Gasteiger partial charge < -0.3 is 5.32 Å². The topological polar surface area (TPSA) is 46.9 Å². The van der Waals surface area contributed by atoms with Crippen LogP contribution in [0, 0.1) is 5.82 Å². The third-order valence-electron chi connectivity index (χ3n) is 2.68. The summed E-state index contributed by atoms with van der Waals surface area (Å²) in [6, 6.07) is 5.31. The van der Waals surface area contributed by atoms with Crippen LogP contribution in [0.15, 0.2) is 36.7 Å². The van der Waals surface area contributed by atoms with Crippen molar-refractivity contribution in [2.24, 2.45) is 7.05 Å². The van der Waals surface area contributed by atoms with E-state index in [1.54, 1.807) is 10.9 Å². The van der Waals surface area contributed by atoms with Crippen LogP contribution in [-0.4, -0.2) is 15.7 Å². The van der Waals surface area contributed by atoms with Crippen molar-refractivity contribution in [3.63, 3.8) is 0 Å². The lowest BCUT2D eigenvalue weighted by Crippen LogP contribution is -2.26. The first-order valence-corrected chi connectivity index (χ1v) is 5.61. The number of aryl methyl sites for hydroxylation is 1. The predicted octanol–water partition coefficient (Wildman–Crippen LogP) is 2.05. The second-order valence-corrected chi connectivity index (χ2v) is 4.15. The van der Waals surface area contributed by atoms with Gasteiger partial charge in [-0.1, -0.05) is 0 Å². The number of halogens is 1. The maximum atomic E-state index is 12.7. The molecule has 4 nitrogen and oxygen atoms in total. The van der Waals surface area contributed by atoms with Gasteiger partial charge >= 0.3 is 0 Å². The molecule has 18 heavy (non-hydrogen) atoms. The smallest absolute Gasteiger partial charge is 0.251 e. The van der Waals surface area contributed by atoms with E-state index in [9.17, 15) is 9.18 Å². The first-order chi connectivity index (χ1) is 8.56. The number of nitrogens with zero attached hydrogens (tertiary/aromatic N) is 2. The van der Waals surface area contributed by atoms with Crippen LogP contribution in [0.3, 0.4) is 0 Å². The number of nitrogens with one attached hydrogen (secondary N) is 1. The van der Waals surface area contributed by atoms with E-state index in [-0.39, 0.29) is 17.8 Å². The Kier molecular flexibility index (Phi) is 3.41. The third kappa shape index (κ3) is 2.74. The summed E-state index contributed by atoms with van der Waals surface area (Å²) in [6.07, 6.45) is 3.55. The number of amides is 1. The number of carbonyl (C=O) groups is 1. The maximum Gasteiger partial charge on any atom is 0.251 e. The van der Waals surface area contributed by atoms with Gasteiger partial charge in [0, 0.05) is 24.4 Å². The van der Waals surface area contributed by atoms with Gasteiger partial charge in [0.2, 0.25) is 0 Å². The minimum Gasteiger partial charge on any atom is -0.345 e. The van der Waals surface area contributed by atoms with Gasteiger partial charge in [-0.05, 0) is 31.2 Å². The molecule has 2 rings (SSSR count). The molecule has 0 radical (unpaired) electrons. The Morgan fingerprint density at radius 3 is 2.61 bits per heavy atom. The van der Waals surface area contributed by atoms with E-state index in [4.69, 9.17) is 0 Å². The molecular formula is C13H14FN3O. The molecule has 1 aromatic carbocycles. The van der Waals surface area contributed by atoms with E-state index in [1.807, 2.05) is 20.2 Å². The monoisotopic (exact) mass is 247 g/mol. The molecule has 0 fully saturated rings. The normalized spacial score (nSPS) is 12.2. The zero-order valence-corrected chi connectivity index (χ0v) is 10.2. The second kappa shape index (κ2) is 5.00. The predicted molar refractivity (Wildman–Crippen MR) is 65.5 cm³/mol. The van der Waals surface area contributed by atoms with Crippen molar-refractivity contribution in [1.29, 1.82) is 0 Å². The number of aromatic nitrogens is 2. The summed E-state index contributed by atoms with van der Waals surface area (Å²) in [5.74, 6) is -0.585. The molecule has 0 aliphatic carbocycles. The Bertz CT molecular complexity index is 548. The molecule has 2 aromatic rings. The fourth-order valence-electron chi connectivity index (χ4n) is 1.63. The lowest BCUT2D eigenvalue weighted by molar-refractivity contribution is 0.0940. The van der Waals surface area contributed by atoms with Crippen molar-refractivity contribution in [1.82, 2.24) is 15.1 Å². The Labute approximate surface area is 104 Å². The molecule has 0 spiro atoms. The van der Waals surface area contributed by atoms with Crippen LogP contribution < -0.4 is 5.32 Å². The molecule has 1 N–H and O–H groups in total. The Hall–Kier alpha value is -2.17. The van der Waals surface area contributed by atoms with Crippen molar-refractivity contribution in [3.8, 4) is 0 Å². The minimum atomic E-state index is -0.355. The largest absolute Gasteiger partial charge is 0.345 e. The zero-order valence-electron chi connectivity index (χ0n) is 10.2. The number of hydrogen-bond donors (Lipinski definition) is 1. The molecule has 1 amide bonds. The van der Waals surface area contributed by atoms with Gasteiger partial charge in [-0.25, -0.2) is 4.39 Å². The highest BCUT2D eigenvalue weighted by atomic mass is 19.1. The van der Waals surface area contributed by atoms with Crippen LogP contribution in [0.25, 0.3) is 0 Å². The number of hydrogen-bond acceptors (Lipinski definition) is 2. The molecular weight excluding hydrogens is 233 g/mol. The molecule has 0 bridgehead atoms. The average molecular weight is 247 g/mol. The van der Waals surface area contributed by atoms with E-state index in [0.29, 0.717) is 5.56 Å². The van der Waals surface area contributed by atoms with Crippen molar-refractivity contribution in [3.05, 3.63) is 53.6 Å². The summed E-state index contributed by atoms with van der Waals surface area (Å²) in [5.41, 5.74) is 1.36. The van der Waals surface area contributed by atoms with E-state index in [2.05, 4.69) is 10.4 Å². The van der Waals surface area contributed by atoms with Crippen LogP contribution >= 0.6 is 0 Å². The van der Waals surface area contributed by atoms with Crippen molar-refractivity contribution in [2.75, 3.05) is 0 Å². The average Bonchev–Trinajstić information content (AvgIpc) is 2.76. The van der Waals surface area contributed by atoms with Gasteiger partial charge in [-0.2, -0.15) is 5.10 Å². The Morgan fingerprint density at radius 1 is 1.39 bits per heavy atom. The highest BCUT2D eigenvalue weighted by Crippen LogP contribution is 2.12. The quantitative estimate of drug-likeness (QED) is 0.902. The first kappa shape index (κ1) is 12.3. The zero-order chi connectivity index (χ0) is 13.1. The van der Waals surface area contributed by atoms with Gasteiger partial charge in [0.15, 0.2) is 0 Å². The molecule has 1 heterocycles. The van der Waals surface area contributed by atoms with Gasteiger partial charge in [0.25, 0.3) is 5.91 Å². The number of rotatable bonds is 3. The van der Waals surface area contributed by atoms with Gasteiger partial charge in [0.1, 0.15) is 5.82 Å². The fraction of sp³-hybridized carbons (Fsp3) is 0.231. The molecule has 94 valence electrons. The van der Waals surface area contributed by atoms with Crippen molar-refractivity contribution < 1.29 is 9.18 Å². The maximum absolute atomic E-state index is 12.7. The van der Waals surface area contributed by atoms with Gasteiger partial charge in [0.05, 0.1) is 12.2 Å². The summed E-state index contributed by atoms with van der Waals surface area (Å²) >= 11 is 0. The van der Waals surface area contributed by atoms with Gasteiger partial charge in [-0.15, -0.1) is 0 Å². The number of carbonyl (C=O) groups excluding carboxylic acids is 1. The third-order valence-corrected chi connectivity index (χ3v) is 2.68. The van der Waals surface area contributed by atoms with Gasteiger partial charge in [-0.3, -0.25) is 9.48 Å². The molecule has 0 saturated carbocycles. The second-order valence-electron chi connectivity index (χ2n) is 4.15. The van der Waals surface area contributed by atoms with Crippen LogP contribution in [0.5, 0.6) is 0 Å². The standard InChI is InChI=1S/C13H14FN3O/c1-9(11-7-15-17(2)8-11)16-13(18)10-3-5-12(14)6-4-10/h3-9H,1-2H3,(H,16,18). The van der Waals surface area contributed by atoms with E-state index in [0.717, 1.165) is 5.56 Å². The fourth-order valence-corrected chi connectivity index (χ4v) is 1.63. The van der Waals surface area contributed by atoms with Crippen LogP contribution in [0.1, 0.15) is 28.9 Å². The Balaban J connectivity index is 2.05. The molecule has 0 saturated heterocycles. The molecule has 0 aliphatic heterocycles. The lowest BCUT2D eigenvalue weighted by atomic mass is 10.1. The molecule has 1 unspecified atom stereocenters. The molecule has 0 aliphatic rings. The van der Waals surface area contributed by atoms with Crippen molar-refractivity contribution in [2.45, 2.75) is 13.0 Å². The van der Waals surface area contributed by atoms with E-state index in [1.165, 1.54) is 24.3 Å². The summed E-state index contributed by atoms with van der Waals surface area (Å²) in [4.78, 5) is 11.9. The van der Waals surface area contributed by atoms with Crippen LogP contribution in [-0.2, 0) is 7.05 Å². The summed E-state index contributed by atoms with van der Waals surface area (Å²) in [7, 11) is 1.82. The summed E-state index contributed by atoms with van der Waals surface area (Å²) in [5, 5.41) is 6.88. The molecule has 1 atom stereocenters. The highest BCUT2D eigenvalue weighted by Gasteiger charge is 2.12. The minimum absolute atomic E-state index is 0.142. The Morgan fingerprint density at radius 2 is 2.06 bits per heavy atom. The van der Waals surface area contributed by atoms with Crippen LogP contribution in [0.2, 0.25) is 0 Å². The van der Waals surface area contributed by atoms with Crippen LogP contribution in [0.4, 0.5) is 4.39 Å². The SMILES string of the molecule is CC(NC(=O)c1ccc(F)cc1)c1cnn(C)c1. The lowest BCUT2D eigenvalue weighted by Gasteiger charge is -2.11. The van der Waals surface area contributed by atoms with E-state index < -0.39 is 0 Å². The first-order valence-electron chi connectivity index (χ1n) is 5.61. The summed E-state index contributed by atoms with van der Waals surface area (Å²) < 4.78 is 14.4. The molecule has 5 heteroatoms.